The summed E-state index contributed by atoms with van der Waals surface area (Å²) >= 11 is 0. The van der Waals surface area contributed by atoms with Crippen LogP contribution in [0.2, 0.25) is 0 Å². The van der Waals surface area contributed by atoms with Gasteiger partial charge >= 0.3 is 0 Å². The zero-order valence-electron chi connectivity index (χ0n) is 17.8. The van der Waals surface area contributed by atoms with E-state index in [0.29, 0.717) is 6.04 Å². The number of aromatic nitrogens is 2. The van der Waals surface area contributed by atoms with Crippen LogP contribution in [0.5, 0.6) is 5.75 Å². The van der Waals surface area contributed by atoms with Crippen molar-refractivity contribution in [1.29, 1.82) is 0 Å². The normalized spacial score (nSPS) is 21.5. The number of likely N-dealkylation sites (N-methyl/N-ethyl adjacent to an activating group) is 1. The molecule has 7 heteroatoms. The third-order valence-corrected chi connectivity index (χ3v) is 6.55. The van der Waals surface area contributed by atoms with Gasteiger partial charge < -0.3 is 24.2 Å². The monoisotopic (exact) mass is 409 g/mol. The fourth-order valence-corrected chi connectivity index (χ4v) is 4.65. The van der Waals surface area contributed by atoms with Gasteiger partial charge in [-0.2, -0.15) is 4.98 Å². The molecule has 0 spiro atoms. The maximum Gasteiger partial charge on any atom is 0.227 e. The molecule has 2 saturated heterocycles. The summed E-state index contributed by atoms with van der Waals surface area (Å²) in [5.41, 5.74) is 2.79. The Morgan fingerprint density at radius 3 is 2.93 bits per heavy atom. The van der Waals surface area contributed by atoms with E-state index in [1.54, 1.807) is 0 Å². The van der Waals surface area contributed by atoms with Crippen molar-refractivity contribution in [3.05, 3.63) is 41.6 Å². The molecule has 2 fully saturated rings. The molecule has 160 valence electrons. The molecule has 0 saturated carbocycles. The zero-order valence-corrected chi connectivity index (χ0v) is 17.8. The maximum atomic E-state index is 5.63. The lowest BCUT2D eigenvalue weighted by Crippen LogP contribution is -2.38. The fraction of sp³-hybridized carbons (Fsp3) is 0.565. The van der Waals surface area contributed by atoms with Gasteiger partial charge in [0.2, 0.25) is 5.95 Å². The average Bonchev–Trinajstić information content (AvgIpc) is 3.47. The van der Waals surface area contributed by atoms with Crippen LogP contribution >= 0.6 is 0 Å². The van der Waals surface area contributed by atoms with Crippen LogP contribution in [0.1, 0.15) is 17.5 Å². The van der Waals surface area contributed by atoms with Crippen molar-refractivity contribution < 1.29 is 9.47 Å². The highest BCUT2D eigenvalue weighted by molar-refractivity contribution is 5.44. The molecule has 3 aliphatic rings. The van der Waals surface area contributed by atoms with Crippen LogP contribution in [0.15, 0.2) is 30.5 Å². The van der Waals surface area contributed by atoms with E-state index < -0.39 is 0 Å². The standard InChI is InChI=1S/C23H31N5O2/c1-26(22-4-8-24-23(25-22)28-11-14-29-15-12-28)20-6-10-27(17-20)9-5-18-2-3-21-19(16-18)7-13-30-21/h2-4,8,16,20H,5-7,9-15,17H2,1H3. The van der Waals surface area contributed by atoms with E-state index in [9.17, 15) is 0 Å². The Morgan fingerprint density at radius 1 is 1.13 bits per heavy atom. The van der Waals surface area contributed by atoms with E-state index in [2.05, 4.69) is 44.9 Å². The summed E-state index contributed by atoms with van der Waals surface area (Å²) in [6, 6.07) is 9.21. The molecule has 0 aliphatic carbocycles. The lowest BCUT2D eigenvalue weighted by molar-refractivity contribution is 0.122. The number of morpholine rings is 1. The van der Waals surface area contributed by atoms with Gasteiger partial charge in [-0.05, 0) is 36.1 Å². The summed E-state index contributed by atoms with van der Waals surface area (Å²) in [6.07, 6.45) is 5.20. The molecule has 1 atom stereocenters. The number of rotatable bonds is 6. The Labute approximate surface area is 178 Å². The van der Waals surface area contributed by atoms with Crippen LogP contribution in [0, 0.1) is 0 Å². The summed E-state index contributed by atoms with van der Waals surface area (Å²) in [4.78, 5) is 16.5. The number of benzene rings is 1. The van der Waals surface area contributed by atoms with Crippen LogP contribution in [0.25, 0.3) is 0 Å². The molecule has 30 heavy (non-hydrogen) atoms. The van der Waals surface area contributed by atoms with E-state index in [4.69, 9.17) is 14.5 Å². The van der Waals surface area contributed by atoms with Crippen molar-refractivity contribution in [3.63, 3.8) is 0 Å². The number of hydrogen-bond donors (Lipinski definition) is 0. The lowest BCUT2D eigenvalue weighted by atomic mass is 10.1. The third-order valence-electron chi connectivity index (χ3n) is 6.55. The average molecular weight is 410 g/mol. The molecule has 0 radical (unpaired) electrons. The molecule has 1 aromatic heterocycles. The highest BCUT2D eigenvalue weighted by atomic mass is 16.5. The fourth-order valence-electron chi connectivity index (χ4n) is 4.65. The third kappa shape index (κ3) is 4.23. The van der Waals surface area contributed by atoms with Crippen molar-refractivity contribution in [3.8, 4) is 5.75 Å². The topological polar surface area (TPSA) is 54.0 Å². The van der Waals surface area contributed by atoms with Crippen molar-refractivity contribution in [2.45, 2.75) is 25.3 Å². The minimum Gasteiger partial charge on any atom is -0.493 e. The summed E-state index contributed by atoms with van der Waals surface area (Å²) in [5, 5.41) is 0. The predicted molar refractivity (Wildman–Crippen MR) is 118 cm³/mol. The Balaban J connectivity index is 1.16. The molecule has 0 N–H and O–H groups in total. The highest BCUT2D eigenvalue weighted by Crippen LogP contribution is 2.27. The van der Waals surface area contributed by atoms with E-state index in [-0.39, 0.29) is 0 Å². The van der Waals surface area contributed by atoms with E-state index in [0.717, 1.165) is 82.9 Å². The van der Waals surface area contributed by atoms with Gasteiger partial charge in [-0.25, -0.2) is 4.98 Å². The number of likely N-dealkylation sites (tertiary alicyclic amines) is 1. The molecule has 0 amide bonds. The van der Waals surface area contributed by atoms with Crippen LogP contribution in [-0.2, 0) is 17.6 Å². The molecular formula is C23H31N5O2. The molecule has 7 nitrogen and oxygen atoms in total. The second-order valence-corrected chi connectivity index (χ2v) is 8.46. The predicted octanol–water partition coefficient (Wildman–Crippen LogP) is 2.00. The number of nitrogens with zero attached hydrogens (tertiary/aromatic N) is 5. The second kappa shape index (κ2) is 8.78. The van der Waals surface area contributed by atoms with Gasteiger partial charge in [0.25, 0.3) is 0 Å². The minimum absolute atomic E-state index is 0.492. The molecule has 5 rings (SSSR count). The Bertz CT molecular complexity index is 870. The van der Waals surface area contributed by atoms with E-state index >= 15 is 0 Å². The molecule has 4 heterocycles. The summed E-state index contributed by atoms with van der Waals surface area (Å²) in [5.74, 6) is 2.90. The van der Waals surface area contributed by atoms with Crippen LogP contribution in [0.4, 0.5) is 11.8 Å². The SMILES string of the molecule is CN(c1ccnc(N2CCOCC2)n1)C1CCN(CCc2ccc3c(c2)CCO3)C1. The van der Waals surface area contributed by atoms with Crippen molar-refractivity contribution in [1.82, 2.24) is 14.9 Å². The quantitative estimate of drug-likeness (QED) is 0.723. The van der Waals surface area contributed by atoms with Gasteiger partial charge in [0.15, 0.2) is 0 Å². The summed E-state index contributed by atoms with van der Waals surface area (Å²) in [7, 11) is 2.17. The van der Waals surface area contributed by atoms with Gasteiger partial charge in [-0.15, -0.1) is 0 Å². The Kier molecular flexibility index (Phi) is 5.73. The van der Waals surface area contributed by atoms with Gasteiger partial charge in [0.1, 0.15) is 11.6 Å². The Morgan fingerprint density at radius 2 is 2.03 bits per heavy atom. The van der Waals surface area contributed by atoms with Crippen molar-refractivity contribution >= 4 is 11.8 Å². The Hall–Kier alpha value is -2.38. The van der Waals surface area contributed by atoms with Gasteiger partial charge in [0, 0.05) is 58.4 Å². The van der Waals surface area contributed by atoms with Gasteiger partial charge in [0.05, 0.1) is 19.8 Å². The van der Waals surface area contributed by atoms with E-state index in [1.807, 2.05) is 12.3 Å². The molecule has 0 bridgehead atoms. The zero-order chi connectivity index (χ0) is 20.3. The maximum absolute atomic E-state index is 5.63. The van der Waals surface area contributed by atoms with Crippen molar-refractivity contribution in [2.24, 2.45) is 0 Å². The molecule has 3 aliphatic heterocycles. The molecule has 2 aromatic rings. The number of anilines is 2. The summed E-state index contributed by atoms with van der Waals surface area (Å²) in [6.45, 7) is 7.38. The highest BCUT2D eigenvalue weighted by Gasteiger charge is 2.27. The second-order valence-electron chi connectivity index (χ2n) is 8.46. The molecular weight excluding hydrogens is 378 g/mol. The van der Waals surface area contributed by atoms with Crippen LogP contribution in [-0.4, -0.2) is 80.5 Å². The van der Waals surface area contributed by atoms with Crippen LogP contribution in [0.3, 0.4) is 0 Å². The first-order chi connectivity index (χ1) is 14.8. The number of fused-ring (bicyclic) bond motifs is 1. The van der Waals surface area contributed by atoms with E-state index in [1.165, 1.54) is 17.5 Å². The molecule has 1 aromatic carbocycles. The first-order valence-electron chi connectivity index (χ1n) is 11.1. The van der Waals surface area contributed by atoms with Crippen LogP contribution < -0.4 is 14.5 Å². The van der Waals surface area contributed by atoms with Gasteiger partial charge in [-0.3, -0.25) is 0 Å². The number of ether oxygens (including phenoxy) is 2. The molecule has 1 unspecified atom stereocenters. The largest absolute Gasteiger partial charge is 0.493 e. The smallest absolute Gasteiger partial charge is 0.227 e. The van der Waals surface area contributed by atoms with Crippen molar-refractivity contribution in [2.75, 3.05) is 69.4 Å². The first kappa shape index (κ1) is 19.6. The first-order valence-corrected chi connectivity index (χ1v) is 11.1. The summed E-state index contributed by atoms with van der Waals surface area (Å²) < 4.78 is 11.1. The minimum atomic E-state index is 0.492. The van der Waals surface area contributed by atoms with Gasteiger partial charge in [-0.1, -0.05) is 12.1 Å². The number of hydrogen-bond acceptors (Lipinski definition) is 7. The lowest BCUT2D eigenvalue weighted by Gasteiger charge is -2.29.